The van der Waals surface area contributed by atoms with E-state index in [0.29, 0.717) is 6.73 Å². The van der Waals surface area contributed by atoms with E-state index in [2.05, 4.69) is 61.6 Å². The largest absolute Gasteiger partial charge is 0.360 e. The molecule has 0 N–H and O–H groups in total. The van der Waals surface area contributed by atoms with E-state index < -0.39 is 8.07 Å². The first-order chi connectivity index (χ1) is 9.83. The van der Waals surface area contributed by atoms with Gasteiger partial charge in [-0.05, 0) is 31.0 Å². The number of hydrogen-bond acceptors (Lipinski definition) is 2. The average molecular weight is 369 g/mol. The number of hydrogen-bond donors (Lipinski definition) is 0. The molecule has 0 bridgehead atoms. The number of ether oxygens (including phenoxy) is 1. The Morgan fingerprint density at radius 3 is 2.62 bits per heavy atom. The first-order valence-electron chi connectivity index (χ1n) is 7.55. The van der Waals surface area contributed by atoms with Gasteiger partial charge in [-0.25, -0.2) is 4.68 Å². The van der Waals surface area contributed by atoms with Gasteiger partial charge in [0.25, 0.3) is 0 Å². The van der Waals surface area contributed by atoms with Crippen molar-refractivity contribution in [1.29, 1.82) is 0 Å². The molecule has 2 rings (SSSR count). The van der Waals surface area contributed by atoms with Gasteiger partial charge >= 0.3 is 0 Å². The summed E-state index contributed by atoms with van der Waals surface area (Å²) < 4.78 is 9.01. The quantitative estimate of drug-likeness (QED) is 0.530. The number of fused-ring (bicyclic) bond motifs is 1. The van der Waals surface area contributed by atoms with E-state index in [0.717, 1.165) is 23.2 Å². The maximum Gasteiger partial charge on any atom is 0.140 e. The monoisotopic (exact) mass is 368 g/mol. The molecule has 1 aromatic carbocycles. The van der Waals surface area contributed by atoms with Gasteiger partial charge in [0, 0.05) is 24.5 Å². The lowest BCUT2D eigenvalue weighted by Gasteiger charge is -2.15. The lowest BCUT2D eigenvalue weighted by molar-refractivity contribution is 0.0813. The Hall–Kier alpha value is -0.653. The minimum Gasteiger partial charge on any atom is -0.360 e. The Kier molecular flexibility index (Phi) is 5.27. The van der Waals surface area contributed by atoms with E-state index in [9.17, 15) is 0 Å². The van der Waals surface area contributed by atoms with Gasteiger partial charge in [0.2, 0.25) is 0 Å². The van der Waals surface area contributed by atoms with Gasteiger partial charge in [-0.1, -0.05) is 48.6 Å². The van der Waals surface area contributed by atoms with Gasteiger partial charge in [-0.2, -0.15) is 5.10 Å². The summed E-state index contributed by atoms with van der Waals surface area (Å²) in [6.07, 6.45) is 0.931. The van der Waals surface area contributed by atoms with Crippen LogP contribution in [0.15, 0.2) is 16.6 Å². The second-order valence-corrected chi connectivity index (χ2v) is 13.2. The highest BCUT2D eigenvalue weighted by atomic mass is 79.9. The van der Waals surface area contributed by atoms with E-state index in [1.807, 2.05) is 4.68 Å². The zero-order valence-corrected chi connectivity index (χ0v) is 16.2. The van der Waals surface area contributed by atoms with Crippen molar-refractivity contribution < 1.29 is 4.74 Å². The van der Waals surface area contributed by atoms with Crippen molar-refractivity contribution >= 4 is 34.9 Å². The fourth-order valence-corrected chi connectivity index (χ4v) is 3.70. The molecule has 0 aliphatic heterocycles. The molecule has 0 aliphatic carbocycles. The van der Waals surface area contributed by atoms with E-state index >= 15 is 0 Å². The standard InChI is InChI=1S/C16H25BrN2OSi/c1-6-14-15-13(17)8-7-12(2)16(15)19(18-14)11-20-9-10-21(3,4)5/h7-8H,6,9-11H2,1-5H3. The number of halogens is 1. The molecule has 21 heavy (non-hydrogen) atoms. The van der Waals surface area contributed by atoms with Crippen LogP contribution in [0.1, 0.15) is 18.2 Å². The average Bonchev–Trinajstić information content (AvgIpc) is 2.78. The highest BCUT2D eigenvalue weighted by molar-refractivity contribution is 9.10. The summed E-state index contributed by atoms with van der Waals surface area (Å²) >= 11 is 3.66. The molecule has 1 heterocycles. The second kappa shape index (κ2) is 6.63. The molecule has 1 aromatic heterocycles. The van der Waals surface area contributed by atoms with Crippen LogP contribution in [0.2, 0.25) is 25.7 Å². The molecule has 0 saturated carbocycles. The first-order valence-corrected chi connectivity index (χ1v) is 12.1. The Balaban J connectivity index is 2.22. The highest BCUT2D eigenvalue weighted by Crippen LogP contribution is 2.30. The molecule has 0 amide bonds. The number of aryl methyl sites for hydroxylation is 2. The van der Waals surface area contributed by atoms with Gasteiger partial charge in [0.1, 0.15) is 6.73 Å². The minimum absolute atomic E-state index is 0.540. The first kappa shape index (κ1) is 16.7. The van der Waals surface area contributed by atoms with Crippen molar-refractivity contribution in [1.82, 2.24) is 9.78 Å². The third kappa shape index (κ3) is 3.96. The van der Waals surface area contributed by atoms with Crippen LogP contribution >= 0.6 is 15.9 Å². The molecule has 0 aliphatic rings. The molecular formula is C16H25BrN2OSi. The van der Waals surface area contributed by atoms with E-state index in [4.69, 9.17) is 9.84 Å². The smallest absolute Gasteiger partial charge is 0.140 e. The van der Waals surface area contributed by atoms with Crippen LogP contribution in [-0.4, -0.2) is 24.5 Å². The van der Waals surface area contributed by atoms with Crippen LogP contribution in [0.3, 0.4) is 0 Å². The maximum absolute atomic E-state index is 5.88. The van der Waals surface area contributed by atoms with Crippen LogP contribution in [0, 0.1) is 6.92 Å². The fourth-order valence-electron chi connectivity index (χ4n) is 2.39. The number of nitrogens with zero attached hydrogens (tertiary/aromatic N) is 2. The molecule has 0 unspecified atom stereocenters. The van der Waals surface area contributed by atoms with Crippen LogP contribution in [0.5, 0.6) is 0 Å². The fraction of sp³-hybridized carbons (Fsp3) is 0.562. The second-order valence-electron chi connectivity index (χ2n) is 6.74. The van der Waals surface area contributed by atoms with Crippen molar-refractivity contribution in [3.8, 4) is 0 Å². The molecule has 0 saturated heterocycles. The summed E-state index contributed by atoms with van der Waals surface area (Å²) in [5.74, 6) is 0. The van der Waals surface area contributed by atoms with Crippen molar-refractivity contribution in [3.63, 3.8) is 0 Å². The maximum atomic E-state index is 5.88. The zero-order chi connectivity index (χ0) is 15.6. The van der Waals surface area contributed by atoms with Gasteiger partial charge < -0.3 is 4.74 Å². The van der Waals surface area contributed by atoms with Crippen LogP contribution in [0.4, 0.5) is 0 Å². The van der Waals surface area contributed by atoms with E-state index in [1.54, 1.807) is 0 Å². The predicted molar refractivity (Wildman–Crippen MR) is 95.7 cm³/mol. The summed E-state index contributed by atoms with van der Waals surface area (Å²) in [5, 5.41) is 5.96. The van der Waals surface area contributed by atoms with Gasteiger partial charge in [-0.3, -0.25) is 0 Å². The third-order valence-corrected chi connectivity index (χ3v) is 6.03. The lowest BCUT2D eigenvalue weighted by atomic mass is 10.1. The molecule has 0 fully saturated rings. The Labute approximate surface area is 136 Å². The van der Waals surface area contributed by atoms with Gasteiger partial charge in [0.05, 0.1) is 11.2 Å². The highest BCUT2D eigenvalue weighted by Gasteiger charge is 2.15. The Morgan fingerprint density at radius 1 is 1.29 bits per heavy atom. The topological polar surface area (TPSA) is 27.1 Å². The molecule has 116 valence electrons. The molecule has 0 spiro atoms. The van der Waals surface area contributed by atoms with E-state index in [1.165, 1.54) is 22.5 Å². The summed E-state index contributed by atoms with van der Waals surface area (Å²) in [6.45, 7) is 12.8. The van der Waals surface area contributed by atoms with Gasteiger partial charge in [-0.15, -0.1) is 0 Å². The van der Waals surface area contributed by atoms with Crippen LogP contribution in [-0.2, 0) is 17.9 Å². The number of benzene rings is 1. The normalized spacial score (nSPS) is 12.3. The van der Waals surface area contributed by atoms with E-state index in [-0.39, 0.29) is 0 Å². The summed E-state index contributed by atoms with van der Waals surface area (Å²) in [5.41, 5.74) is 3.57. The molecule has 5 heteroatoms. The number of aromatic nitrogens is 2. The van der Waals surface area contributed by atoms with Crippen molar-refractivity contribution in [2.45, 2.75) is 52.7 Å². The Bertz CT molecular complexity index is 631. The van der Waals surface area contributed by atoms with Crippen molar-refractivity contribution in [2.24, 2.45) is 0 Å². The van der Waals surface area contributed by atoms with Crippen molar-refractivity contribution in [3.05, 3.63) is 27.9 Å². The SMILES string of the molecule is CCc1nn(COCC[Si](C)(C)C)c2c(C)ccc(Br)c12. The molecular weight excluding hydrogens is 344 g/mol. The molecule has 0 atom stereocenters. The van der Waals surface area contributed by atoms with Crippen LogP contribution in [0.25, 0.3) is 10.9 Å². The molecule has 0 radical (unpaired) electrons. The van der Waals surface area contributed by atoms with Crippen LogP contribution < -0.4 is 0 Å². The molecule has 2 aromatic rings. The third-order valence-electron chi connectivity index (χ3n) is 3.66. The minimum atomic E-state index is -1.03. The molecule has 3 nitrogen and oxygen atoms in total. The number of rotatable bonds is 6. The Morgan fingerprint density at radius 2 is 2.00 bits per heavy atom. The summed E-state index contributed by atoms with van der Waals surface area (Å²) in [4.78, 5) is 0. The lowest BCUT2D eigenvalue weighted by Crippen LogP contribution is -2.22. The summed E-state index contributed by atoms with van der Waals surface area (Å²) in [7, 11) is -1.03. The van der Waals surface area contributed by atoms with Crippen molar-refractivity contribution in [2.75, 3.05) is 6.61 Å². The summed E-state index contributed by atoms with van der Waals surface area (Å²) in [6, 6.07) is 5.43. The zero-order valence-electron chi connectivity index (χ0n) is 13.7. The predicted octanol–water partition coefficient (Wildman–Crippen LogP) is 4.98. The van der Waals surface area contributed by atoms with Gasteiger partial charge in [0.15, 0.2) is 0 Å².